The third-order valence-corrected chi connectivity index (χ3v) is 2.37. The summed E-state index contributed by atoms with van der Waals surface area (Å²) < 4.78 is 10.5. The van der Waals surface area contributed by atoms with Crippen LogP contribution in [-0.4, -0.2) is 24.9 Å². The molecule has 0 saturated heterocycles. The number of Topliss-reactive ketones (excluding diaryl/α,β-unsaturated/α-hetero) is 1. The molecule has 1 aliphatic rings. The molecule has 6 heteroatoms. The van der Waals surface area contributed by atoms with E-state index in [1.807, 2.05) is 5.43 Å². The van der Waals surface area contributed by atoms with Gasteiger partial charge in [0.05, 0.1) is 18.6 Å². The number of amides is 1. The molecule has 17 heavy (non-hydrogen) atoms. The fourth-order valence-corrected chi connectivity index (χ4v) is 1.50. The van der Waals surface area contributed by atoms with E-state index in [0.29, 0.717) is 17.1 Å². The van der Waals surface area contributed by atoms with Gasteiger partial charge in [-0.1, -0.05) is 0 Å². The van der Waals surface area contributed by atoms with Gasteiger partial charge in [0.1, 0.15) is 11.5 Å². The van der Waals surface area contributed by atoms with Gasteiger partial charge in [0.2, 0.25) is 11.7 Å². The lowest BCUT2D eigenvalue weighted by molar-refractivity contribution is -0.121. The van der Waals surface area contributed by atoms with Gasteiger partial charge in [-0.2, -0.15) is 0 Å². The molecular weight excluding hydrogens is 224 g/mol. The molecule has 0 atom stereocenters. The van der Waals surface area contributed by atoms with E-state index >= 15 is 0 Å². The monoisotopic (exact) mass is 236 g/mol. The highest BCUT2D eigenvalue weighted by Crippen LogP contribution is 2.29. The van der Waals surface area contributed by atoms with E-state index in [0.717, 1.165) is 0 Å². The third-order valence-electron chi connectivity index (χ3n) is 2.37. The molecule has 0 fully saturated rings. The number of ketones is 1. The first-order chi connectivity index (χ1) is 8.20. The first-order valence-electron chi connectivity index (χ1n) is 5.13. The van der Waals surface area contributed by atoms with E-state index < -0.39 is 0 Å². The van der Waals surface area contributed by atoms with Crippen LogP contribution in [0.2, 0.25) is 0 Å². The van der Waals surface area contributed by atoms with Crippen LogP contribution in [0.1, 0.15) is 16.8 Å². The van der Waals surface area contributed by atoms with Gasteiger partial charge in [-0.3, -0.25) is 15.0 Å². The Morgan fingerprint density at radius 2 is 2.35 bits per heavy atom. The average molecular weight is 236 g/mol. The van der Waals surface area contributed by atoms with E-state index in [1.165, 1.54) is 0 Å². The van der Waals surface area contributed by atoms with Crippen LogP contribution in [0.5, 0.6) is 11.5 Å². The van der Waals surface area contributed by atoms with Crippen molar-refractivity contribution in [3.05, 3.63) is 23.8 Å². The Kier molecular flexibility index (Phi) is 3.24. The van der Waals surface area contributed by atoms with E-state index in [4.69, 9.17) is 15.3 Å². The Labute approximate surface area is 97.7 Å². The van der Waals surface area contributed by atoms with E-state index in [1.54, 1.807) is 18.2 Å². The second-order valence-corrected chi connectivity index (χ2v) is 3.54. The summed E-state index contributed by atoms with van der Waals surface area (Å²) in [6, 6.07) is 4.97. The molecule has 0 bridgehead atoms. The Hall–Kier alpha value is -2.08. The molecule has 6 nitrogen and oxygen atoms in total. The number of hydrazine groups is 1. The van der Waals surface area contributed by atoms with Gasteiger partial charge in [0.25, 0.3) is 0 Å². The van der Waals surface area contributed by atoms with Gasteiger partial charge in [-0.05, 0) is 12.1 Å². The van der Waals surface area contributed by atoms with Crippen molar-refractivity contribution >= 4 is 11.7 Å². The minimum absolute atomic E-state index is 0.0333. The van der Waals surface area contributed by atoms with Gasteiger partial charge >= 0.3 is 0 Å². The Bertz CT molecular complexity index is 459. The zero-order valence-corrected chi connectivity index (χ0v) is 9.06. The van der Waals surface area contributed by atoms with Crippen LogP contribution >= 0.6 is 0 Å². The number of rotatable bonds is 4. The maximum absolute atomic E-state index is 11.3. The summed E-state index contributed by atoms with van der Waals surface area (Å²) in [7, 11) is 0. The van der Waals surface area contributed by atoms with E-state index in [-0.39, 0.29) is 31.3 Å². The first-order valence-corrected chi connectivity index (χ1v) is 5.13. The zero-order chi connectivity index (χ0) is 12.3. The molecule has 1 amide bonds. The third kappa shape index (κ3) is 2.54. The van der Waals surface area contributed by atoms with Crippen LogP contribution in [-0.2, 0) is 4.79 Å². The van der Waals surface area contributed by atoms with Crippen LogP contribution in [0.4, 0.5) is 0 Å². The van der Waals surface area contributed by atoms with Crippen molar-refractivity contribution in [1.82, 2.24) is 5.43 Å². The van der Waals surface area contributed by atoms with Crippen LogP contribution in [0.3, 0.4) is 0 Å². The summed E-state index contributed by atoms with van der Waals surface area (Å²) in [6.07, 6.45) is 0.174. The molecule has 3 N–H and O–H groups in total. The molecule has 0 aliphatic carbocycles. The molecule has 1 aromatic carbocycles. The van der Waals surface area contributed by atoms with Gasteiger partial charge in [0.15, 0.2) is 6.61 Å². The summed E-state index contributed by atoms with van der Waals surface area (Å²) in [4.78, 5) is 22.1. The number of nitrogens with one attached hydrogen (secondary N) is 1. The zero-order valence-electron chi connectivity index (χ0n) is 9.06. The number of ether oxygens (including phenoxy) is 2. The molecule has 90 valence electrons. The number of hydrogen-bond donors (Lipinski definition) is 2. The summed E-state index contributed by atoms with van der Waals surface area (Å²) in [5, 5.41) is 0. The number of carbonyl (C=O) groups is 2. The topological polar surface area (TPSA) is 90.7 Å². The van der Waals surface area contributed by atoms with Crippen LogP contribution in [0.15, 0.2) is 18.2 Å². The molecule has 0 saturated carbocycles. The van der Waals surface area contributed by atoms with Gasteiger partial charge in [0, 0.05) is 6.07 Å². The highest BCUT2D eigenvalue weighted by molar-refractivity contribution is 6.02. The molecule has 0 radical (unpaired) electrons. The lowest BCUT2D eigenvalue weighted by Gasteiger charge is -2.06. The fraction of sp³-hybridized carbons (Fsp3) is 0.273. The molecular formula is C11H12N2O4. The predicted octanol–water partition coefficient (Wildman–Crippen LogP) is 0.0205. The number of nitrogens with two attached hydrogens (primary N) is 1. The summed E-state index contributed by atoms with van der Waals surface area (Å²) in [6.45, 7) is 0.296. The highest BCUT2D eigenvalue weighted by Gasteiger charge is 2.21. The molecule has 0 spiro atoms. The minimum atomic E-state index is -0.294. The van der Waals surface area contributed by atoms with Gasteiger partial charge in [-0.25, -0.2) is 5.84 Å². The Morgan fingerprint density at radius 1 is 1.53 bits per heavy atom. The van der Waals surface area contributed by atoms with Gasteiger partial charge < -0.3 is 9.47 Å². The fourth-order valence-electron chi connectivity index (χ4n) is 1.50. The first kappa shape index (κ1) is 11.4. The maximum Gasteiger partial charge on any atom is 0.237 e. The summed E-state index contributed by atoms with van der Waals surface area (Å²) >= 11 is 0. The maximum atomic E-state index is 11.3. The van der Waals surface area contributed by atoms with Crippen molar-refractivity contribution in [2.45, 2.75) is 6.42 Å². The summed E-state index contributed by atoms with van der Waals surface area (Å²) in [5.74, 6) is 5.68. The van der Waals surface area contributed by atoms with Crippen LogP contribution in [0.25, 0.3) is 0 Å². The molecule has 0 unspecified atom stereocenters. The van der Waals surface area contributed by atoms with Crippen LogP contribution < -0.4 is 20.7 Å². The molecule has 1 aromatic rings. The van der Waals surface area contributed by atoms with Crippen LogP contribution in [0, 0.1) is 0 Å². The van der Waals surface area contributed by atoms with Crippen molar-refractivity contribution in [3.63, 3.8) is 0 Å². The number of carbonyl (C=O) groups excluding carboxylic acids is 2. The van der Waals surface area contributed by atoms with Crippen molar-refractivity contribution in [2.24, 2.45) is 5.84 Å². The van der Waals surface area contributed by atoms with Crippen molar-refractivity contribution in [2.75, 3.05) is 13.2 Å². The summed E-state index contributed by atoms with van der Waals surface area (Å²) in [5.41, 5.74) is 2.58. The standard InChI is InChI=1S/C11H12N2O4/c12-13-11(15)3-4-16-7-1-2-8-9(14)6-17-10(8)5-7/h1-2,5H,3-4,6,12H2,(H,13,15). The lowest BCUT2D eigenvalue weighted by Crippen LogP contribution is -2.31. The van der Waals surface area contributed by atoms with Gasteiger partial charge in [-0.15, -0.1) is 0 Å². The predicted molar refractivity (Wildman–Crippen MR) is 58.7 cm³/mol. The quantitative estimate of drug-likeness (QED) is 0.437. The Morgan fingerprint density at radius 3 is 3.12 bits per heavy atom. The number of fused-ring (bicyclic) bond motifs is 1. The lowest BCUT2D eigenvalue weighted by atomic mass is 10.1. The normalized spacial score (nSPS) is 12.9. The Balaban J connectivity index is 1.95. The smallest absolute Gasteiger partial charge is 0.237 e. The number of hydrogen-bond acceptors (Lipinski definition) is 5. The molecule has 1 aliphatic heterocycles. The van der Waals surface area contributed by atoms with Crippen molar-refractivity contribution < 1.29 is 19.1 Å². The minimum Gasteiger partial charge on any atom is -0.493 e. The van der Waals surface area contributed by atoms with Crippen molar-refractivity contribution in [1.29, 1.82) is 0 Å². The average Bonchev–Trinajstić information content (AvgIpc) is 2.70. The molecule has 1 heterocycles. The highest BCUT2D eigenvalue weighted by atomic mass is 16.5. The molecule has 0 aromatic heterocycles. The van der Waals surface area contributed by atoms with Crippen molar-refractivity contribution in [3.8, 4) is 11.5 Å². The second-order valence-electron chi connectivity index (χ2n) is 3.54. The largest absolute Gasteiger partial charge is 0.493 e. The van der Waals surface area contributed by atoms with E-state index in [2.05, 4.69) is 0 Å². The number of benzene rings is 1. The second kappa shape index (κ2) is 4.84. The SMILES string of the molecule is NNC(=O)CCOc1ccc2c(c1)OCC2=O. The van der Waals surface area contributed by atoms with E-state index in [9.17, 15) is 9.59 Å². The molecule has 2 rings (SSSR count).